The quantitative estimate of drug-likeness (QED) is 0.612. The predicted molar refractivity (Wildman–Crippen MR) is 47.4 cm³/mol. The Labute approximate surface area is 67.3 Å². The van der Waals surface area contributed by atoms with Crippen molar-refractivity contribution >= 4 is 39.5 Å². The third-order valence-electron chi connectivity index (χ3n) is 1.06. The van der Waals surface area contributed by atoms with Gasteiger partial charge < -0.3 is 0 Å². The van der Waals surface area contributed by atoms with E-state index in [0.717, 1.165) is 5.25 Å². The van der Waals surface area contributed by atoms with Crippen LogP contribution in [0.2, 0.25) is 0 Å². The number of rotatable bonds is 1. The summed E-state index contributed by atoms with van der Waals surface area (Å²) < 4.78 is 0. The van der Waals surface area contributed by atoms with E-state index in [1.165, 1.54) is 22.6 Å². The van der Waals surface area contributed by atoms with Gasteiger partial charge in [-0.15, -0.1) is 0 Å². The van der Waals surface area contributed by atoms with Crippen molar-refractivity contribution in [2.45, 2.75) is 5.25 Å². The van der Waals surface area contributed by atoms with Gasteiger partial charge in [-0.3, -0.25) is 0 Å². The normalized spacial score (nSPS) is 30.4. The van der Waals surface area contributed by atoms with E-state index in [2.05, 4.69) is 39.5 Å². The maximum absolute atomic E-state index is 3.48. The van der Waals surface area contributed by atoms with Crippen molar-refractivity contribution in [3.05, 3.63) is 0 Å². The maximum Gasteiger partial charge on any atom is 0.0235 e. The molecule has 1 aliphatic rings. The lowest BCUT2D eigenvalue weighted by Crippen LogP contribution is -2.14. The molecule has 0 spiro atoms. The second kappa shape index (κ2) is 4.07. The largest absolute Gasteiger partial charge is 0.160 e. The van der Waals surface area contributed by atoms with Crippen LogP contribution in [-0.4, -0.2) is 27.8 Å². The first-order valence-corrected chi connectivity index (χ1v) is 6.01. The Hall–Kier alpha value is 1.18. The summed E-state index contributed by atoms with van der Waals surface area (Å²) in [4.78, 5) is 0. The molecule has 0 radical (unpaired) electrons. The standard InChI is InChI=1S/C5H9BrS2/c6-3-5-4-7-1-2-8-5/h5H,1-4H2. The van der Waals surface area contributed by atoms with E-state index in [9.17, 15) is 0 Å². The highest BCUT2D eigenvalue weighted by Crippen LogP contribution is 2.24. The number of thioether (sulfide) groups is 2. The van der Waals surface area contributed by atoms with E-state index in [4.69, 9.17) is 0 Å². The van der Waals surface area contributed by atoms with Gasteiger partial charge in [0.1, 0.15) is 0 Å². The summed E-state index contributed by atoms with van der Waals surface area (Å²) in [5.74, 6) is 4.05. The number of alkyl halides is 1. The summed E-state index contributed by atoms with van der Waals surface area (Å²) in [6, 6.07) is 0. The minimum atomic E-state index is 0.883. The topological polar surface area (TPSA) is 0 Å². The summed E-state index contributed by atoms with van der Waals surface area (Å²) in [6.45, 7) is 0. The van der Waals surface area contributed by atoms with Crippen LogP contribution in [0.5, 0.6) is 0 Å². The molecule has 0 aromatic rings. The molecule has 3 heteroatoms. The van der Waals surface area contributed by atoms with Crippen LogP contribution in [0.25, 0.3) is 0 Å². The molecule has 0 bridgehead atoms. The van der Waals surface area contributed by atoms with Crippen LogP contribution in [-0.2, 0) is 0 Å². The molecule has 1 aliphatic heterocycles. The van der Waals surface area contributed by atoms with Crippen molar-refractivity contribution in [2.24, 2.45) is 0 Å². The number of hydrogen-bond donors (Lipinski definition) is 0. The van der Waals surface area contributed by atoms with E-state index in [0.29, 0.717) is 0 Å². The van der Waals surface area contributed by atoms with Crippen LogP contribution in [0.1, 0.15) is 0 Å². The molecule has 1 heterocycles. The Morgan fingerprint density at radius 3 is 2.75 bits per heavy atom. The third kappa shape index (κ3) is 2.19. The molecular weight excluding hydrogens is 204 g/mol. The molecule has 1 rings (SSSR count). The van der Waals surface area contributed by atoms with Crippen molar-refractivity contribution in [1.29, 1.82) is 0 Å². The van der Waals surface area contributed by atoms with Gasteiger partial charge >= 0.3 is 0 Å². The molecule has 8 heavy (non-hydrogen) atoms. The lowest BCUT2D eigenvalue weighted by Gasteiger charge is -2.17. The van der Waals surface area contributed by atoms with E-state index in [1.54, 1.807) is 0 Å². The van der Waals surface area contributed by atoms with E-state index >= 15 is 0 Å². The van der Waals surface area contributed by atoms with Crippen molar-refractivity contribution in [3.8, 4) is 0 Å². The highest BCUT2D eigenvalue weighted by molar-refractivity contribution is 9.09. The zero-order valence-electron chi connectivity index (χ0n) is 4.60. The fraction of sp³-hybridized carbons (Fsp3) is 1.00. The van der Waals surface area contributed by atoms with Gasteiger partial charge in [-0.25, -0.2) is 0 Å². The van der Waals surface area contributed by atoms with Gasteiger partial charge in [0, 0.05) is 27.8 Å². The lowest BCUT2D eigenvalue weighted by molar-refractivity contribution is 1.14. The number of halogens is 1. The summed E-state index contributed by atoms with van der Waals surface area (Å²) in [5.41, 5.74) is 0. The Bertz CT molecular complexity index is 61.4. The Balaban J connectivity index is 2.13. The minimum absolute atomic E-state index is 0.883. The smallest absolute Gasteiger partial charge is 0.0235 e. The molecule has 0 amide bonds. The average Bonchev–Trinajstić information content (AvgIpc) is 1.90. The van der Waals surface area contributed by atoms with Gasteiger partial charge in [-0.1, -0.05) is 15.9 Å². The van der Waals surface area contributed by atoms with Crippen LogP contribution in [0.4, 0.5) is 0 Å². The molecule has 1 unspecified atom stereocenters. The van der Waals surface area contributed by atoms with E-state index in [-0.39, 0.29) is 0 Å². The summed E-state index contributed by atoms with van der Waals surface area (Å²) in [7, 11) is 0. The second-order valence-corrected chi connectivity index (χ2v) is 4.93. The molecular formula is C5H9BrS2. The van der Waals surface area contributed by atoms with E-state index in [1.807, 2.05) is 0 Å². The Morgan fingerprint density at radius 1 is 1.50 bits per heavy atom. The monoisotopic (exact) mass is 212 g/mol. The lowest BCUT2D eigenvalue weighted by atomic mass is 10.6. The molecule has 0 aromatic heterocycles. The van der Waals surface area contributed by atoms with Gasteiger partial charge in [0.05, 0.1) is 0 Å². The molecule has 48 valence electrons. The van der Waals surface area contributed by atoms with Crippen LogP contribution in [0.3, 0.4) is 0 Å². The van der Waals surface area contributed by atoms with Gasteiger partial charge in [-0.05, 0) is 0 Å². The van der Waals surface area contributed by atoms with Crippen LogP contribution >= 0.6 is 39.5 Å². The van der Waals surface area contributed by atoms with E-state index < -0.39 is 0 Å². The highest BCUT2D eigenvalue weighted by atomic mass is 79.9. The van der Waals surface area contributed by atoms with Gasteiger partial charge in [0.2, 0.25) is 0 Å². The molecule has 0 aromatic carbocycles. The Kier molecular flexibility index (Phi) is 3.71. The van der Waals surface area contributed by atoms with Crippen LogP contribution in [0, 0.1) is 0 Å². The number of hydrogen-bond acceptors (Lipinski definition) is 2. The molecule has 0 N–H and O–H groups in total. The van der Waals surface area contributed by atoms with Crippen molar-refractivity contribution in [2.75, 3.05) is 22.6 Å². The van der Waals surface area contributed by atoms with Crippen LogP contribution in [0.15, 0.2) is 0 Å². The van der Waals surface area contributed by atoms with Gasteiger partial charge in [0.25, 0.3) is 0 Å². The SMILES string of the molecule is BrCC1CSCCS1. The molecule has 0 saturated carbocycles. The van der Waals surface area contributed by atoms with Crippen molar-refractivity contribution in [1.82, 2.24) is 0 Å². The van der Waals surface area contributed by atoms with Gasteiger partial charge in [-0.2, -0.15) is 23.5 Å². The third-order valence-corrected chi connectivity index (χ3v) is 5.11. The second-order valence-electron chi connectivity index (χ2n) is 1.72. The first-order valence-electron chi connectivity index (χ1n) is 2.69. The Morgan fingerprint density at radius 2 is 2.38 bits per heavy atom. The summed E-state index contributed by atoms with van der Waals surface area (Å²) >= 11 is 7.65. The van der Waals surface area contributed by atoms with Crippen molar-refractivity contribution < 1.29 is 0 Å². The molecule has 1 fully saturated rings. The fourth-order valence-electron chi connectivity index (χ4n) is 0.626. The minimum Gasteiger partial charge on any atom is -0.160 e. The zero-order chi connectivity index (χ0) is 5.82. The zero-order valence-corrected chi connectivity index (χ0v) is 7.82. The van der Waals surface area contributed by atoms with Crippen LogP contribution < -0.4 is 0 Å². The average molecular weight is 213 g/mol. The highest BCUT2D eigenvalue weighted by Gasteiger charge is 2.11. The summed E-state index contributed by atoms with van der Waals surface area (Å²) in [6.07, 6.45) is 0. The maximum atomic E-state index is 3.48. The molecule has 0 aliphatic carbocycles. The molecule has 0 nitrogen and oxygen atoms in total. The first kappa shape index (κ1) is 7.29. The summed E-state index contributed by atoms with van der Waals surface area (Å²) in [5, 5.41) is 2.05. The fourth-order valence-corrected chi connectivity index (χ4v) is 4.22. The molecule has 1 atom stereocenters. The first-order chi connectivity index (χ1) is 3.93. The predicted octanol–water partition coefficient (Wildman–Crippen LogP) is 2.23. The molecule has 1 saturated heterocycles. The van der Waals surface area contributed by atoms with Crippen molar-refractivity contribution in [3.63, 3.8) is 0 Å². The van der Waals surface area contributed by atoms with Gasteiger partial charge in [0.15, 0.2) is 0 Å².